The van der Waals surface area contributed by atoms with Crippen LogP contribution in [0.4, 0.5) is 0 Å². The van der Waals surface area contributed by atoms with Crippen molar-refractivity contribution in [2.75, 3.05) is 26.2 Å². The highest BCUT2D eigenvalue weighted by molar-refractivity contribution is 4.97. The largest absolute Gasteiger partial charge is 0.334 e. The van der Waals surface area contributed by atoms with Gasteiger partial charge in [0.2, 0.25) is 0 Å². The molecule has 0 amide bonds. The fourth-order valence-corrected chi connectivity index (χ4v) is 1.98. The lowest BCUT2D eigenvalue weighted by molar-refractivity contribution is 0.287. The summed E-state index contributed by atoms with van der Waals surface area (Å²) >= 11 is 0. The van der Waals surface area contributed by atoms with Crippen molar-refractivity contribution in [2.45, 2.75) is 40.3 Å². The number of likely N-dealkylation sites (N-methyl/N-ethyl adjacent to an activating group) is 1. The van der Waals surface area contributed by atoms with Crippen LogP contribution >= 0.6 is 0 Å². The summed E-state index contributed by atoms with van der Waals surface area (Å²) in [6, 6.07) is 0. The van der Waals surface area contributed by atoms with E-state index in [0.717, 1.165) is 32.7 Å². The van der Waals surface area contributed by atoms with Crippen molar-refractivity contribution in [3.63, 3.8) is 0 Å². The van der Waals surface area contributed by atoms with Crippen LogP contribution in [0, 0.1) is 0 Å². The number of hydrogen-bond donors (Lipinski definition) is 1. The molecular weight excluding hydrogens is 212 g/mol. The predicted molar refractivity (Wildman–Crippen MR) is 72.0 cm³/mol. The molecule has 1 heterocycles. The highest BCUT2D eigenvalue weighted by Gasteiger charge is 2.01. The summed E-state index contributed by atoms with van der Waals surface area (Å²) in [5, 5.41) is 3.48. The first-order chi connectivity index (χ1) is 8.31. The van der Waals surface area contributed by atoms with E-state index < -0.39 is 0 Å². The minimum absolute atomic E-state index is 0.914. The zero-order chi connectivity index (χ0) is 12.5. The Morgan fingerprint density at radius 3 is 2.76 bits per heavy atom. The van der Waals surface area contributed by atoms with Crippen molar-refractivity contribution in [1.82, 2.24) is 19.8 Å². The predicted octanol–water partition coefficient (Wildman–Crippen LogP) is 1.72. The second-order valence-electron chi connectivity index (χ2n) is 4.28. The highest BCUT2D eigenvalue weighted by Crippen LogP contribution is 1.98. The van der Waals surface area contributed by atoms with Gasteiger partial charge in [0, 0.05) is 32.4 Å². The van der Waals surface area contributed by atoms with E-state index in [0.29, 0.717) is 0 Å². The molecule has 0 fully saturated rings. The van der Waals surface area contributed by atoms with Crippen molar-refractivity contribution < 1.29 is 0 Å². The molecule has 0 saturated heterocycles. The highest BCUT2D eigenvalue weighted by atomic mass is 15.1. The van der Waals surface area contributed by atoms with E-state index in [-0.39, 0.29) is 0 Å². The van der Waals surface area contributed by atoms with Crippen LogP contribution in [0.15, 0.2) is 12.5 Å². The molecule has 0 aliphatic rings. The van der Waals surface area contributed by atoms with Crippen LogP contribution in [0.1, 0.15) is 32.9 Å². The summed E-state index contributed by atoms with van der Waals surface area (Å²) in [7, 11) is 0. The minimum Gasteiger partial charge on any atom is -0.334 e. The van der Waals surface area contributed by atoms with E-state index in [1.54, 1.807) is 0 Å². The second-order valence-corrected chi connectivity index (χ2v) is 4.28. The molecule has 1 aromatic rings. The van der Waals surface area contributed by atoms with Gasteiger partial charge >= 0.3 is 0 Å². The Kier molecular flexibility index (Phi) is 6.89. The number of hydrogen-bond acceptors (Lipinski definition) is 3. The van der Waals surface area contributed by atoms with Gasteiger partial charge in [-0.25, -0.2) is 4.98 Å². The van der Waals surface area contributed by atoms with E-state index in [1.165, 1.54) is 18.7 Å². The molecule has 0 bridgehead atoms. The SMILES string of the molecule is CCCN(CC)CCNCc1cncn1CC. The third-order valence-corrected chi connectivity index (χ3v) is 3.04. The first-order valence-corrected chi connectivity index (χ1v) is 6.73. The Labute approximate surface area is 105 Å². The number of rotatable bonds is 9. The summed E-state index contributed by atoms with van der Waals surface area (Å²) in [5.74, 6) is 0. The number of nitrogens with zero attached hydrogens (tertiary/aromatic N) is 3. The van der Waals surface area contributed by atoms with Crippen molar-refractivity contribution in [3.05, 3.63) is 18.2 Å². The van der Waals surface area contributed by atoms with E-state index in [2.05, 4.69) is 40.5 Å². The fourth-order valence-electron chi connectivity index (χ4n) is 1.98. The average molecular weight is 238 g/mol. The summed E-state index contributed by atoms with van der Waals surface area (Å²) in [4.78, 5) is 6.64. The van der Waals surface area contributed by atoms with Gasteiger partial charge < -0.3 is 14.8 Å². The molecule has 0 unspecified atom stereocenters. The van der Waals surface area contributed by atoms with Gasteiger partial charge in [0.05, 0.1) is 12.0 Å². The quantitative estimate of drug-likeness (QED) is 0.665. The molecule has 0 spiro atoms. The normalized spacial score (nSPS) is 11.3. The second kappa shape index (κ2) is 8.25. The average Bonchev–Trinajstić information content (AvgIpc) is 2.80. The van der Waals surface area contributed by atoms with Gasteiger partial charge in [0.1, 0.15) is 0 Å². The summed E-state index contributed by atoms with van der Waals surface area (Å²) in [6.07, 6.45) is 5.07. The molecule has 4 heteroatoms. The van der Waals surface area contributed by atoms with E-state index >= 15 is 0 Å². The van der Waals surface area contributed by atoms with E-state index in [4.69, 9.17) is 0 Å². The van der Waals surface area contributed by atoms with Crippen molar-refractivity contribution in [3.8, 4) is 0 Å². The zero-order valence-electron chi connectivity index (χ0n) is 11.4. The van der Waals surface area contributed by atoms with E-state index in [9.17, 15) is 0 Å². The van der Waals surface area contributed by atoms with Crippen LogP contribution in [-0.2, 0) is 13.1 Å². The Morgan fingerprint density at radius 1 is 1.29 bits per heavy atom. The minimum atomic E-state index is 0.914. The van der Waals surface area contributed by atoms with Crippen LogP contribution in [-0.4, -0.2) is 40.6 Å². The third kappa shape index (κ3) is 4.88. The first-order valence-electron chi connectivity index (χ1n) is 6.73. The molecule has 1 N–H and O–H groups in total. The lowest BCUT2D eigenvalue weighted by atomic mass is 10.4. The van der Waals surface area contributed by atoms with Crippen LogP contribution in [0.25, 0.3) is 0 Å². The maximum atomic E-state index is 4.16. The van der Waals surface area contributed by atoms with Gasteiger partial charge in [-0.1, -0.05) is 13.8 Å². The van der Waals surface area contributed by atoms with Crippen LogP contribution in [0.5, 0.6) is 0 Å². The standard InChI is InChI=1S/C13H26N4/c1-4-8-16(5-2)9-7-14-10-13-11-15-12-17(13)6-3/h11-12,14H,4-10H2,1-3H3. The molecule has 0 radical (unpaired) electrons. The summed E-state index contributed by atoms with van der Waals surface area (Å²) in [6.45, 7) is 13.0. The Morgan fingerprint density at radius 2 is 2.12 bits per heavy atom. The Bertz CT molecular complexity index is 295. The molecule has 0 aromatic carbocycles. The van der Waals surface area contributed by atoms with Gasteiger partial charge in [0.15, 0.2) is 0 Å². The smallest absolute Gasteiger partial charge is 0.0948 e. The number of aromatic nitrogens is 2. The van der Waals surface area contributed by atoms with Gasteiger partial charge in [-0.15, -0.1) is 0 Å². The van der Waals surface area contributed by atoms with Crippen LogP contribution in [0.2, 0.25) is 0 Å². The molecule has 1 rings (SSSR count). The van der Waals surface area contributed by atoms with Crippen molar-refractivity contribution in [1.29, 1.82) is 0 Å². The number of aryl methyl sites for hydroxylation is 1. The molecule has 1 aromatic heterocycles. The van der Waals surface area contributed by atoms with Gasteiger partial charge in [0.25, 0.3) is 0 Å². The molecule has 0 aliphatic carbocycles. The van der Waals surface area contributed by atoms with Gasteiger partial charge in [-0.05, 0) is 26.4 Å². The molecule has 17 heavy (non-hydrogen) atoms. The van der Waals surface area contributed by atoms with Crippen LogP contribution < -0.4 is 5.32 Å². The van der Waals surface area contributed by atoms with Gasteiger partial charge in [-0.2, -0.15) is 0 Å². The molecule has 0 atom stereocenters. The lowest BCUT2D eigenvalue weighted by Crippen LogP contribution is -2.32. The Hall–Kier alpha value is -0.870. The Balaban J connectivity index is 2.19. The van der Waals surface area contributed by atoms with Gasteiger partial charge in [-0.3, -0.25) is 0 Å². The number of imidazole rings is 1. The van der Waals surface area contributed by atoms with Crippen molar-refractivity contribution in [2.24, 2.45) is 0 Å². The molecular formula is C13H26N4. The monoisotopic (exact) mass is 238 g/mol. The topological polar surface area (TPSA) is 33.1 Å². The first kappa shape index (κ1) is 14.2. The maximum absolute atomic E-state index is 4.16. The van der Waals surface area contributed by atoms with Crippen LogP contribution in [0.3, 0.4) is 0 Å². The summed E-state index contributed by atoms with van der Waals surface area (Å²) < 4.78 is 2.18. The van der Waals surface area contributed by atoms with E-state index in [1.807, 2.05) is 12.5 Å². The van der Waals surface area contributed by atoms with Crippen molar-refractivity contribution >= 4 is 0 Å². The zero-order valence-corrected chi connectivity index (χ0v) is 11.4. The third-order valence-electron chi connectivity index (χ3n) is 3.04. The molecule has 4 nitrogen and oxygen atoms in total. The molecule has 0 aliphatic heterocycles. The molecule has 98 valence electrons. The lowest BCUT2D eigenvalue weighted by Gasteiger charge is -2.19. The number of nitrogens with one attached hydrogen (secondary N) is 1. The summed E-state index contributed by atoms with van der Waals surface area (Å²) in [5.41, 5.74) is 1.27. The fraction of sp³-hybridized carbons (Fsp3) is 0.769. The molecule has 0 saturated carbocycles. The maximum Gasteiger partial charge on any atom is 0.0948 e.